The summed E-state index contributed by atoms with van der Waals surface area (Å²) < 4.78 is 0.381. The topological polar surface area (TPSA) is 63.0 Å². The number of thioether (sulfide) groups is 1. The van der Waals surface area contributed by atoms with Crippen molar-refractivity contribution < 1.29 is 0 Å². The van der Waals surface area contributed by atoms with Gasteiger partial charge in [-0.2, -0.15) is 11.8 Å². The quantitative estimate of drug-likeness (QED) is 0.565. The Balaban J connectivity index is 1.96. The number of nitrogens with two attached hydrogens (primary N) is 1. The number of hydrogen-bond donors (Lipinski definition) is 3. The summed E-state index contributed by atoms with van der Waals surface area (Å²) in [4.78, 5) is 4.38. The zero-order chi connectivity index (χ0) is 12.8. The van der Waals surface area contributed by atoms with Gasteiger partial charge in [0.1, 0.15) is 11.6 Å². The Morgan fingerprint density at radius 3 is 2.67 bits per heavy atom. The minimum Gasteiger partial charge on any atom is -0.369 e. The Bertz CT molecular complexity index is 377. The lowest BCUT2D eigenvalue weighted by Gasteiger charge is -2.36. The van der Waals surface area contributed by atoms with E-state index in [2.05, 4.69) is 22.0 Å². The van der Waals surface area contributed by atoms with Crippen LogP contribution in [0.5, 0.6) is 0 Å². The molecular formula is C13H22N4S. The van der Waals surface area contributed by atoms with Gasteiger partial charge in [-0.3, -0.25) is 0 Å². The average Bonchev–Trinajstić information content (AvgIpc) is 2.46. The van der Waals surface area contributed by atoms with Crippen LogP contribution in [0, 0.1) is 0 Å². The van der Waals surface area contributed by atoms with Gasteiger partial charge in [-0.15, -0.1) is 0 Å². The number of anilines is 2. The highest BCUT2D eigenvalue weighted by Crippen LogP contribution is 2.38. The van der Waals surface area contributed by atoms with Gasteiger partial charge in [0.05, 0.1) is 0 Å². The molecule has 0 aliphatic heterocycles. The third-order valence-corrected chi connectivity index (χ3v) is 5.11. The van der Waals surface area contributed by atoms with Crippen molar-refractivity contribution in [3.05, 3.63) is 18.2 Å². The maximum absolute atomic E-state index is 5.37. The lowest BCUT2D eigenvalue weighted by atomic mass is 9.88. The molecule has 1 aliphatic carbocycles. The second-order valence-corrected chi connectivity index (χ2v) is 6.13. The first kappa shape index (κ1) is 13.5. The van der Waals surface area contributed by atoms with Crippen molar-refractivity contribution in [1.29, 1.82) is 0 Å². The van der Waals surface area contributed by atoms with E-state index < -0.39 is 0 Å². The summed E-state index contributed by atoms with van der Waals surface area (Å²) in [7, 11) is 0. The highest BCUT2D eigenvalue weighted by Gasteiger charge is 2.30. The number of aromatic nitrogens is 1. The first-order valence-electron chi connectivity index (χ1n) is 6.51. The van der Waals surface area contributed by atoms with E-state index in [1.54, 1.807) is 0 Å². The standard InChI is InChI=1S/C13H22N4S/c1-18-13(8-3-2-4-9-13)10-15-11-6-5-7-12(16-11)17-14/h5-7H,2-4,8-10,14H2,1H3,(H2,15,16,17). The van der Waals surface area contributed by atoms with Crippen LogP contribution < -0.4 is 16.6 Å². The van der Waals surface area contributed by atoms with E-state index in [0.717, 1.165) is 12.4 Å². The van der Waals surface area contributed by atoms with Crippen LogP contribution in [0.3, 0.4) is 0 Å². The molecule has 100 valence electrons. The molecule has 0 saturated heterocycles. The van der Waals surface area contributed by atoms with E-state index in [1.165, 1.54) is 32.1 Å². The zero-order valence-electron chi connectivity index (χ0n) is 10.9. The van der Waals surface area contributed by atoms with E-state index in [9.17, 15) is 0 Å². The SMILES string of the molecule is CSC1(CNc2cccc(NN)n2)CCCCC1. The highest BCUT2D eigenvalue weighted by molar-refractivity contribution is 8.00. The number of hydrogen-bond acceptors (Lipinski definition) is 5. The van der Waals surface area contributed by atoms with Crippen LogP contribution >= 0.6 is 11.8 Å². The van der Waals surface area contributed by atoms with Crippen molar-refractivity contribution in [2.24, 2.45) is 5.84 Å². The average molecular weight is 266 g/mol. The molecular weight excluding hydrogens is 244 g/mol. The summed E-state index contributed by atoms with van der Waals surface area (Å²) in [6, 6.07) is 5.80. The molecule has 1 fully saturated rings. The van der Waals surface area contributed by atoms with Crippen LogP contribution in [0.1, 0.15) is 32.1 Å². The van der Waals surface area contributed by atoms with Gasteiger partial charge < -0.3 is 10.7 Å². The van der Waals surface area contributed by atoms with E-state index in [0.29, 0.717) is 10.6 Å². The smallest absolute Gasteiger partial charge is 0.142 e. The van der Waals surface area contributed by atoms with Crippen molar-refractivity contribution in [2.75, 3.05) is 23.5 Å². The number of nitrogens with zero attached hydrogens (tertiary/aromatic N) is 1. The van der Waals surface area contributed by atoms with E-state index in [-0.39, 0.29) is 0 Å². The Morgan fingerprint density at radius 2 is 2.00 bits per heavy atom. The Kier molecular flexibility index (Phi) is 4.72. The van der Waals surface area contributed by atoms with Crippen molar-refractivity contribution >= 4 is 23.4 Å². The Labute approximate surface area is 113 Å². The van der Waals surface area contributed by atoms with E-state index in [1.807, 2.05) is 30.0 Å². The van der Waals surface area contributed by atoms with Crippen LogP contribution in [0.4, 0.5) is 11.6 Å². The lowest BCUT2D eigenvalue weighted by Crippen LogP contribution is -2.35. The molecule has 1 heterocycles. The van der Waals surface area contributed by atoms with E-state index in [4.69, 9.17) is 5.84 Å². The van der Waals surface area contributed by atoms with Gasteiger partial charge >= 0.3 is 0 Å². The molecule has 0 aromatic carbocycles. The molecule has 0 spiro atoms. The van der Waals surface area contributed by atoms with Crippen LogP contribution in [0.25, 0.3) is 0 Å². The molecule has 1 aromatic heterocycles. The summed E-state index contributed by atoms with van der Waals surface area (Å²) in [6.07, 6.45) is 8.90. The van der Waals surface area contributed by atoms with Crippen LogP contribution in [-0.2, 0) is 0 Å². The van der Waals surface area contributed by atoms with Gasteiger partial charge in [-0.1, -0.05) is 25.3 Å². The molecule has 4 N–H and O–H groups in total. The highest BCUT2D eigenvalue weighted by atomic mass is 32.2. The molecule has 0 radical (unpaired) electrons. The Hall–Kier alpha value is -0.940. The number of nitrogens with one attached hydrogen (secondary N) is 2. The fourth-order valence-corrected chi connectivity index (χ4v) is 3.43. The fourth-order valence-electron chi connectivity index (χ4n) is 2.51. The molecule has 1 saturated carbocycles. The number of hydrazine groups is 1. The number of pyridine rings is 1. The molecule has 4 nitrogen and oxygen atoms in total. The second-order valence-electron chi connectivity index (χ2n) is 4.85. The molecule has 18 heavy (non-hydrogen) atoms. The summed E-state index contributed by atoms with van der Waals surface area (Å²) >= 11 is 1.99. The molecule has 1 aromatic rings. The second kappa shape index (κ2) is 6.29. The van der Waals surface area contributed by atoms with Crippen molar-refractivity contribution in [1.82, 2.24) is 4.98 Å². The Morgan fingerprint density at radius 1 is 1.28 bits per heavy atom. The maximum atomic E-state index is 5.37. The maximum Gasteiger partial charge on any atom is 0.142 e. The first-order valence-corrected chi connectivity index (χ1v) is 7.73. The summed E-state index contributed by atoms with van der Waals surface area (Å²) in [5.74, 6) is 6.95. The number of nitrogen functional groups attached to an aromatic ring is 1. The minimum absolute atomic E-state index is 0.381. The third-order valence-electron chi connectivity index (χ3n) is 3.69. The van der Waals surface area contributed by atoms with Crippen molar-refractivity contribution in [3.63, 3.8) is 0 Å². The predicted molar refractivity (Wildman–Crippen MR) is 79.9 cm³/mol. The van der Waals surface area contributed by atoms with Gasteiger partial charge in [0, 0.05) is 11.3 Å². The zero-order valence-corrected chi connectivity index (χ0v) is 11.7. The molecule has 0 amide bonds. The first-order chi connectivity index (χ1) is 8.78. The molecule has 0 bridgehead atoms. The molecule has 2 rings (SSSR count). The van der Waals surface area contributed by atoms with Gasteiger partial charge in [0.2, 0.25) is 0 Å². The summed E-state index contributed by atoms with van der Waals surface area (Å²) in [6.45, 7) is 0.981. The third kappa shape index (κ3) is 3.29. The monoisotopic (exact) mass is 266 g/mol. The van der Waals surface area contributed by atoms with Crippen LogP contribution in [0.15, 0.2) is 18.2 Å². The van der Waals surface area contributed by atoms with Gasteiger partial charge in [0.15, 0.2) is 0 Å². The number of rotatable bonds is 5. The lowest BCUT2D eigenvalue weighted by molar-refractivity contribution is 0.411. The normalized spacial score (nSPS) is 18.3. The largest absolute Gasteiger partial charge is 0.369 e. The molecule has 1 aliphatic rings. The van der Waals surface area contributed by atoms with Gasteiger partial charge in [0.25, 0.3) is 0 Å². The van der Waals surface area contributed by atoms with E-state index >= 15 is 0 Å². The van der Waals surface area contributed by atoms with Crippen LogP contribution in [-0.4, -0.2) is 22.5 Å². The van der Waals surface area contributed by atoms with Crippen molar-refractivity contribution in [2.45, 2.75) is 36.9 Å². The summed E-state index contributed by atoms with van der Waals surface area (Å²) in [5.41, 5.74) is 2.57. The summed E-state index contributed by atoms with van der Waals surface area (Å²) in [5, 5.41) is 3.45. The minimum atomic E-state index is 0.381. The van der Waals surface area contributed by atoms with Crippen LogP contribution in [0.2, 0.25) is 0 Å². The fraction of sp³-hybridized carbons (Fsp3) is 0.615. The van der Waals surface area contributed by atoms with Crippen molar-refractivity contribution in [3.8, 4) is 0 Å². The molecule has 0 atom stereocenters. The van der Waals surface area contributed by atoms with Gasteiger partial charge in [-0.05, 0) is 31.2 Å². The molecule has 0 unspecified atom stereocenters. The predicted octanol–water partition coefficient (Wildman–Crippen LogP) is 2.85. The van der Waals surface area contributed by atoms with Gasteiger partial charge in [-0.25, -0.2) is 10.8 Å². The molecule has 5 heteroatoms.